The summed E-state index contributed by atoms with van der Waals surface area (Å²) in [5, 5.41) is 0.926. The van der Waals surface area contributed by atoms with Crippen LogP contribution in [-0.4, -0.2) is 15.7 Å². The highest BCUT2D eigenvalue weighted by Crippen LogP contribution is 2.24. The fourth-order valence-corrected chi connectivity index (χ4v) is 3.12. The standard InChI is InChI=1S/C16H17N3S/c1-11-6-2-3-7-12(11)13(17)10-20-16-18-14-8-4-5-9-15(14)19-16/h2-9,13H,10,17H2,1H3,(H,18,19). The smallest absolute Gasteiger partial charge is 0.166 e. The second-order valence-electron chi connectivity index (χ2n) is 4.83. The number of imidazole rings is 1. The van der Waals surface area contributed by atoms with Gasteiger partial charge in [-0.05, 0) is 30.2 Å². The predicted molar refractivity (Wildman–Crippen MR) is 84.9 cm³/mol. The van der Waals surface area contributed by atoms with Gasteiger partial charge in [0, 0.05) is 11.8 Å². The molecule has 102 valence electrons. The lowest BCUT2D eigenvalue weighted by molar-refractivity contribution is 0.820. The fourth-order valence-electron chi connectivity index (χ4n) is 2.26. The zero-order valence-electron chi connectivity index (χ0n) is 11.3. The van der Waals surface area contributed by atoms with Crippen molar-refractivity contribution >= 4 is 22.8 Å². The van der Waals surface area contributed by atoms with Crippen LogP contribution in [0.15, 0.2) is 53.7 Å². The molecule has 3 rings (SSSR count). The number of hydrogen-bond donors (Lipinski definition) is 2. The van der Waals surface area contributed by atoms with Crippen LogP contribution in [0.5, 0.6) is 0 Å². The molecule has 0 aliphatic carbocycles. The van der Waals surface area contributed by atoms with Gasteiger partial charge in [0.25, 0.3) is 0 Å². The maximum atomic E-state index is 6.28. The molecule has 1 aromatic heterocycles. The third-order valence-corrected chi connectivity index (χ3v) is 4.35. The van der Waals surface area contributed by atoms with E-state index < -0.39 is 0 Å². The highest BCUT2D eigenvalue weighted by molar-refractivity contribution is 7.99. The number of nitrogens with two attached hydrogens (primary N) is 1. The van der Waals surface area contributed by atoms with E-state index in [0.717, 1.165) is 21.9 Å². The summed E-state index contributed by atoms with van der Waals surface area (Å²) in [6.45, 7) is 2.10. The Labute approximate surface area is 122 Å². The summed E-state index contributed by atoms with van der Waals surface area (Å²) in [5.74, 6) is 0.810. The molecular formula is C16H17N3S. The number of nitrogens with zero attached hydrogens (tertiary/aromatic N) is 1. The molecular weight excluding hydrogens is 266 g/mol. The number of aromatic amines is 1. The zero-order valence-corrected chi connectivity index (χ0v) is 12.2. The number of H-pyrrole nitrogens is 1. The number of nitrogens with one attached hydrogen (secondary N) is 1. The fraction of sp³-hybridized carbons (Fsp3) is 0.188. The van der Waals surface area contributed by atoms with E-state index in [1.807, 2.05) is 36.4 Å². The molecule has 0 aliphatic heterocycles. The first-order valence-corrected chi connectivity index (χ1v) is 7.61. The SMILES string of the molecule is Cc1ccccc1C(N)CSc1nc2ccccc2[nH]1. The molecule has 3 N–H and O–H groups in total. The lowest BCUT2D eigenvalue weighted by Crippen LogP contribution is -2.14. The largest absolute Gasteiger partial charge is 0.333 e. The van der Waals surface area contributed by atoms with Crippen molar-refractivity contribution in [2.24, 2.45) is 5.73 Å². The lowest BCUT2D eigenvalue weighted by atomic mass is 10.0. The summed E-state index contributed by atoms with van der Waals surface area (Å²) in [6.07, 6.45) is 0. The van der Waals surface area contributed by atoms with Gasteiger partial charge >= 0.3 is 0 Å². The Morgan fingerprint density at radius 1 is 1.15 bits per heavy atom. The highest BCUT2D eigenvalue weighted by atomic mass is 32.2. The van der Waals surface area contributed by atoms with Gasteiger partial charge in [0.2, 0.25) is 0 Å². The average molecular weight is 283 g/mol. The second-order valence-corrected chi connectivity index (χ2v) is 5.84. The van der Waals surface area contributed by atoms with Crippen molar-refractivity contribution in [2.45, 2.75) is 18.1 Å². The quantitative estimate of drug-likeness (QED) is 0.718. The first-order valence-electron chi connectivity index (χ1n) is 6.62. The minimum Gasteiger partial charge on any atom is -0.333 e. The van der Waals surface area contributed by atoms with Crippen LogP contribution < -0.4 is 5.73 Å². The van der Waals surface area contributed by atoms with E-state index in [-0.39, 0.29) is 6.04 Å². The number of fused-ring (bicyclic) bond motifs is 1. The monoisotopic (exact) mass is 283 g/mol. The minimum atomic E-state index is 0.0226. The molecule has 0 saturated heterocycles. The Kier molecular flexibility index (Phi) is 3.76. The van der Waals surface area contributed by atoms with Gasteiger partial charge in [-0.2, -0.15) is 0 Å². The molecule has 0 fully saturated rings. The van der Waals surface area contributed by atoms with Crippen LogP contribution in [0.1, 0.15) is 17.2 Å². The number of para-hydroxylation sites is 2. The van der Waals surface area contributed by atoms with Gasteiger partial charge in [-0.1, -0.05) is 48.2 Å². The molecule has 3 nitrogen and oxygen atoms in total. The average Bonchev–Trinajstić information content (AvgIpc) is 2.88. The predicted octanol–water partition coefficient (Wildman–Crippen LogP) is 3.66. The van der Waals surface area contributed by atoms with Gasteiger partial charge in [-0.25, -0.2) is 4.98 Å². The Morgan fingerprint density at radius 3 is 2.70 bits per heavy atom. The number of thioether (sulfide) groups is 1. The molecule has 4 heteroatoms. The van der Waals surface area contributed by atoms with Crippen LogP contribution >= 0.6 is 11.8 Å². The third-order valence-electron chi connectivity index (χ3n) is 3.36. The topological polar surface area (TPSA) is 54.7 Å². The van der Waals surface area contributed by atoms with E-state index in [0.29, 0.717) is 0 Å². The zero-order chi connectivity index (χ0) is 13.9. The number of hydrogen-bond acceptors (Lipinski definition) is 3. The Hall–Kier alpha value is -1.78. The van der Waals surface area contributed by atoms with Crippen LogP contribution in [0.3, 0.4) is 0 Å². The molecule has 1 heterocycles. The van der Waals surface area contributed by atoms with Crippen LogP contribution in [0.2, 0.25) is 0 Å². The molecule has 0 saturated carbocycles. The Balaban J connectivity index is 1.71. The first kappa shape index (κ1) is 13.2. The summed E-state index contributed by atoms with van der Waals surface area (Å²) >= 11 is 1.67. The second kappa shape index (κ2) is 5.69. The van der Waals surface area contributed by atoms with Crippen molar-refractivity contribution in [3.05, 3.63) is 59.7 Å². The van der Waals surface area contributed by atoms with Gasteiger partial charge in [0.15, 0.2) is 5.16 Å². The van der Waals surface area contributed by atoms with Crippen molar-refractivity contribution < 1.29 is 0 Å². The third kappa shape index (κ3) is 2.71. The Bertz CT molecular complexity index is 687. The molecule has 2 aromatic carbocycles. The molecule has 0 amide bonds. The normalized spacial score (nSPS) is 12.7. The van der Waals surface area contributed by atoms with E-state index in [2.05, 4.69) is 29.0 Å². The van der Waals surface area contributed by atoms with Crippen molar-refractivity contribution in [2.75, 3.05) is 5.75 Å². The van der Waals surface area contributed by atoms with E-state index in [1.165, 1.54) is 11.1 Å². The summed E-state index contributed by atoms with van der Waals surface area (Å²) in [6, 6.07) is 16.3. The molecule has 1 atom stereocenters. The van der Waals surface area contributed by atoms with Crippen LogP contribution in [0.4, 0.5) is 0 Å². The van der Waals surface area contributed by atoms with Crippen molar-refractivity contribution in [1.82, 2.24) is 9.97 Å². The van der Waals surface area contributed by atoms with Gasteiger partial charge < -0.3 is 10.7 Å². The van der Waals surface area contributed by atoms with Crippen molar-refractivity contribution in [3.63, 3.8) is 0 Å². The van der Waals surface area contributed by atoms with Crippen LogP contribution in [-0.2, 0) is 0 Å². The number of benzene rings is 2. The van der Waals surface area contributed by atoms with E-state index in [4.69, 9.17) is 5.73 Å². The molecule has 3 aromatic rings. The van der Waals surface area contributed by atoms with E-state index in [1.54, 1.807) is 11.8 Å². The van der Waals surface area contributed by atoms with Gasteiger partial charge in [-0.15, -0.1) is 0 Å². The molecule has 0 bridgehead atoms. The van der Waals surface area contributed by atoms with Gasteiger partial charge in [0.1, 0.15) is 0 Å². The minimum absolute atomic E-state index is 0.0226. The maximum absolute atomic E-state index is 6.28. The van der Waals surface area contributed by atoms with Crippen LogP contribution in [0.25, 0.3) is 11.0 Å². The Morgan fingerprint density at radius 2 is 1.90 bits per heavy atom. The molecule has 0 aliphatic rings. The number of rotatable bonds is 4. The summed E-state index contributed by atoms with van der Waals surface area (Å²) in [5.41, 5.74) is 10.8. The molecule has 0 spiro atoms. The number of aryl methyl sites for hydroxylation is 1. The molecule has 1 unspecified atom stereocenters. The summed E-state index contributed by atoms with van der Waals surface area (Å²) < 4.78 is 0. The first-order chi connectivity index (χ1) is 9.74. The lowest BCUT2D eigenvalue weighted by Gasteiger charge is -2.13. The van der Waals surface area contributed by atoms with Crippen molar-refractivity contribution in [3.8, 4) is 0 Å². The molecule has 0 radical (unpaired) electrons. The van der Waals surface area contributed by atoms with E-state index >= 15 is 0 Å². The van der Waals surface area contributed by atoms with Crippen molar-refractivity contribution in [1.29, 1.82) is 0 Å². The summed E-state index contributed by atoms with van der Waals surface area (Å²) in [7, 11) is 0. The number of aromatic nitrogens is 2. The molecule has 20 heavy (non-hydrogen) atoms. The van der Waals surface area contributed by atoms with Gasteiger partial charge in [-0.3, -0.25) is 0 Å². The summed E-state index contributed by atoms with van der Waals surface area (Å²) in [4.78, 5) is 7.87. The van der Waals surface area contributed by atoms with E-state index in [9.17, 15) is 0 Å². The maximum Gasteiger partial charge on any atom is 0.166 e. The van der Waals surface area contributed by atoms with Gasteiger partial charge in [0.05, 0.1) is 11.0 Å². The highest BCUT2D eigenvalue weighted by Gasteiger charge is 2.10. The van der Waals surface area contributed by atoms with Crippen LogP contribution in [0, 0.1) is 6.92 Å².